The van der Waals surface area contributed by atoms with Gasteiger partial charge in [-0.3, -0.25) is 0 Å². The van der Waals surface area contributed by atoms with E-state index in [1.807, 2.05) is 30.3 Å². The van der Waals surface area contributed by atoms with E-state index in [9.17, 15) is 13.2 Å². The summed E-state index contributed by atoms with van der Waals surface area (Å²) >= 11 is 0. The van der Waals surface area contributed by atoms with Crippen LogP contribution >= 0.6 is 0 Å². The minimum absolute atomic E-state index is 0.153. The smallest absolute Gasteiger partial charge is 0.331 e. The minimum atomic E-state index is -3.55. The standard InChI is InChI=1S/C22H21N3O6S/c26-21(30-16-20-23-24-22(31-20)18-4-2-1-3-5-18)11-8-17-6-9-19(10-7-17)32(27,28)25-12-14-29-15-13-25/h1-11H,12-16H2/b11-8+. The first-order valence-corrected chi connectivity index (χ1v) is 11.4. The third kappa shape index (κ3) is 5.28. The summed E-state index contributed by atoms with van der Waals surface area (Å²) in [5.74, 6) is -0.0583. The van der Waals surface area contributed by atoms with E-state index in [1.54, 1.807) is 12.1 Å². The van der Waals surface area contributed by atoms with Crippen LogP contribution in [-0.2, 0) is 30.9 Å². The number of hydrogen-bond acceptors (Lipinski definition) is 8. The van der Waals surface area contributed by atoms with Gasteiger partial charge < -0.3 is 13.9 Å². The number of hydrogen-bond donors (Lipinski definition) is 0. The Morgan fingerprint density at radius 1 is 1.03 bits per heavy atom. The Hall–Kier alpha value is -3.34. The first kappa shape index (κ1) is 21.9. The van der Waals surface area contributed by atoms with Crippen LogP contribution in [0.1, 0.15) is 11.5 Å². The van der Waals surface area contributed by atoms with Crippen molar-refractivity contribution in [3.63, 3.8) is 0 Å². The predicted octanol–water partition coefficient (Wildman–Crippen LogP) is 2.51. The third-order valence-corrected chi connectivity index (χ3v) is 6.64. The lowest BCUT2D eigenvalue weighted by Gasteiger charge is -2.26. The Balaban J connectivity index is 1.31. The molecule has 32 heavy (non-hydrogen) atoms. The average molecular weight is 455 g/mol. The molecule has 2 heterocycles. The Kier molecular flexibility index (Phi) is 6.74. The third-order valence-electron chi connectivity index (χ3n) is 4.73. The van der Waals surface area contributed by atoms with Crippen LogP contribution in [0.3, 0.4) is 0 Å². The van der Waals surface area contributed by atoms with Gasteiger partial charge in [-0.25, -0.2) is 13.2 Å². The topological polar surface area (TPSA) is 112 Å². The van der Waals surface area contributed by atoms with Crippen molar-refractivity contribution in [2.45, 2.75) is 11.5 Å². The highest BCUT2D eigenvalue weighted by molar-refractivity contribution is 7.89. The second kappa shape index (κ2) is 9.86. The molecule has 0 amide bonds. The van der Waals surface area contributed by atoms with Crippen molar-refractivity contribution in [1.82, 2.24) is 14.5 Å². The highest BCUT2D eigenvalue weighted by Crippen LogP contribution is 2.19. The summed E-state index contributed by atoms with van der Waals surface area (Å²) in [5, 5.41) is 7.80. The van der Waals surface area contributed by atoms with E-state index >= 15 is 0 Å². The van der Waals surface area contributed by atoms with Gasteiger partial charge in [0.2, 0.25) is 15.9 Å². The molecule has 0 bridgehead atoms. The lowest BCUT2D eigenvalue weighted by molar-refractivity contribution is -0.139. The number of aromatic nitrogens is 2. The normalized spacial score (nSPS) is 15.1. The van der Waals surface area contributed by atoms with Crippen LogP contribution in [0.4, 0.5) is 0 Å². The van der Waals surface area contributed by atoms with Crippen LogP contribution in [0.5, 0.6) is 0 Å². The van der Waals surface area contributed by atoms with Crippen molar-refractivity contribution in [1.29, 1.82) is 0 Å². The zero-order chi connectivity index (χ0) is 22.4. The fourth-order valence-electron chi connectivity index (χ4n) is 3.04. The first-order chi connectivity index (χ1) is 15.5. The summed E-state index contributed by atoms with van der Waals surface area (Å²) in [4.78, 5) is 12.2. The highest BCUT2D eigenvalue weighted by atomic mass is 32.2. The van der Waals surface area contributed by atoms with Gasteiger partial charge in [0.25, 0.3) is 5.89 Å². The van der Waals surface area contributed by atoms with E-state index in [2.05, 4.69) is 10.2 Å². The molecular formula is C22H21N3O6S. The van der Waals surface area contributed by atoms with E-state index in [-0.39, 0.29) is 17.4 Å². The number of sulfonamides is 1. The molecule has 1 aliphatic heterocycles. The predicted molar refractivity (Wildman–Crippen MR) is 115 cm³/mol. The Morgan fingerprint density at radius 3 is 2.47 bits per heavy atom. The zero-order valence-corrected chi connectivity index (χ0v) is 17.9. The molecule has 0 unspecified atom stereocenters. The fraction of sp³-hybridized carbons (Fsp3) is 0.227. The van der Waals surface area contributed by atoms with Gasteiger partial charge in [0.1, 0.15) is 0 Å². The maximum Gasteiger partial charge on any atom is 0.331 e. The molecule has 0 atom stereocenters. The Labute approximate surface area is 185 Å². The summed E-state index contributed by atoms with van der Waals surface area (Å²) in [7, 11) is -3.55. The van der Waals surface area contributed by atoms with Crippen molar-refractivity contribution in [3.05, 3.63) is 72.1 Å². The number of morpholine rings is 1. The quantitative estimate of drug-likeness (QED) is 0.395. The van der Waals surface area contributed by atoms with Crippen LogP contribution in [0, 0.1) is 0 Å². The van der Waals surface area contributed by atoms with E-state index in [1.165, 1.54) is 28.6 Å². The Morgan fingerprint density at radius 2 is 1.75 bits per heavy atom. The van der Waals surface area contributed by atoms with Crippen molar-refractivity contribution < 1.29 is 27.1 Å². The van der Waals surface area contributed by atoms with Crippen LogP contribution in [-0.4, -0.2) is 55.2 Å². The van der Waals surface area contributed by atoms with E-state index in [0.717, 1.165) is 5.56 Å². The second-order valence-electron chi connectivity index (χ2n) is 6.89. The molecule has 0 radical (unpaired) electrons. The second-order valence-corrected chi connectivity index (χ2v) is 8.83. The van der Waals surface area contributed by atoms with Crippen molar-refractivity contribution in [3.8, 4) is 11.5 Å². The number of benzene rings is 2. The molecule has 0 spiro atoms. The molecule has 2 aromatic carbocycles. The summed E-state index contributed by atoms with van der Waals surface area (Å²) in [5.41, 5.74) is 1.43. The van der Waals surface area contributed by atoms with Gasteiger partial charge >= 0.3 is 5.97 Å². The van der Waals surface area contributed by atoms with Gasteiger partial charge in [-0.2, -0.15) is 4.31 Å². The van der Waals surface area contributed by atoms with Crippen molar-refractivity contribution in [2.75, 3.05) is 26.3 Å². The van der Waals surface area contributed by atoms with E-state index in [0.29, 0.717) is 37.8 Å². The molecule has 1 saturated heterocycles. The molecule has 9 nitrogen and oxygen atoms in total. The largest absolute Gasteiger partial charge is 0.452 e. The Bertz CT molecular complexity index is 1180. The molecular weight excluding hydrogens is 434 g/mol. The van der Waals surface area contributed by atoms with Crippen molar-refractivity contribution >= 4 is 22.1 Å². The highest BCUT2D eigenvalue weighted by Gasteiger charge is 2.25. The fourth-order valence-corrected chi connectivity index (χ4v) is 4.45. The maximum atomic E-state index is 12.6. The SMILES string of the molecule is O=C(/C=C/c1ccc(S(=O)(=O)N2CCOCC2)cc1)OCc1nnc(-c2ccccc2)o1. The number of rotatable bonds is 7. The van der Waals surface area contributed by atoms with Gasteiger partial charge in [-0.1, -0.05) is 30.3 Å². The molecule has 0 saturated carbocycles. The van der Waals surface area contributed by atoms with Crippen LogP contribution in [0.2, 0.25) is 0 Å². The number of carbonyl (C=O) groups excluding carboxylic acids is 1. The van der Waals surface area contributed by atoms with Gasteiger partial charge in [0, 0.05) is 24.7 Å². The van der Waals surface area contributed by atoms with Crippen LogP contribution in [0.25, 0.3) is 17.5 Å². The number of esters is 1. The zero-order valence-electron chi connectivity index (χ0n) is 17.1. The molecule has 1 aromatic heterocycles. The van der Waals surface area contributed by atoms with Gasteiger partial charge in [-0.15, -0.1) is 10.2 Å². The monoisotopic (exact) mass is 455 g/mol. The number of carbonyl (C=O) groups is 1. The molecule has 166 valence electrons. The van der Waals surface area contributed by atoms with Crippen LogP contribution < -0.4 is 0 Å². The first-order valence-electron chi connectivity index (χ1n) is 9.93. The van der Waals surface area contributed by atoms with E-state index in [4.69, 9.17) is 13.9 Å². The molecule has 4 rings (SSSR count). The van der Waals surface area contributed by atoms with Gasteiger partial charge in [0.05, 0.1) is 18.1 Å². The summed E-state index contributed by atoms with van der Waals surface area (Å²) in [6.07, 6.45) is 2.79. The maximum absolute atomic E-state index is 12.6. The summed E-state index contributed by atoms with van der Waals surface area (Å²) in [6, 6.07) is 15.5. The average Bonchev–Trinajstić information content (AvgIpc) is 3.32. The molecule has 10 heteroatoms. The lowest BCUT2D eigenvalue weighted by Crippen LogP contribution is -2.40. The number of nitrogens with zero attached hydrogens (tertiary/aromatic N) is 3. The summed E-state index contributed by atoms with van der Waals surface area (Å²) < 4.78 is 42.5. The minimum Gasteiger partial charge on any atom is -0.452 e. The lowest BCUT2D eigenvalue weighted by atomic mass is 10.2. The van der Waals surface area contributed by atoms with Gasteiger partial charge in [-0.05, 0) is 35.9 Å². The van der Waals surface area contributed by atoms with Gasteiger partial charge in [0.15, 0.2) is 6.61 Å². The van der Waals surface area contributed by atoms with Crippen molar-refractivity contribution in [2.24, 2.45) is 0 Å². The van der Waals surface area contributed by atoms with Crippen LogP contribution in [0.15, 0.2) is 70.0 Å². The molecule has 1 fully saturated rings. The molecule has 3 aromatic rings. The summed E-state index contributed by atoms with van der Waals surface area (Å²) in [6.45, 7) is 1.30. The number of ether oxygens (including phenoxy) is 2. The molecule has 1 aliphatic rings. The molecule has 0 N–H and O–H groups in total. The van der Waals surface area contributed by atoms with E-state index < -0.39 is 16.0 Å². The molecule has 0 aliphatic carbocycles.